The topological polar surface area (TPSA) is 86.7 Å². The number of hydrogen-bond donors (Lipinski definition) is 2. The van der Waals surface area contributed by atoms with Gasteiger partial charge in [0, 0.05) is 24.5 Å². The van der Waals surface area contributed by atoms with Crippen LogP contribution in [0.1, 0.15) is 17.7 Å². The number of nitrogens with zero attached hydrogens (tertiary/aromatic N) is 1. The van der Waals surface area contributed by atoms with Gasteiger partial charge in [-0.1, -0.05) is 11.6 Å². The van der Waals surface area contributed by atoms with Crippen molar-refractivity contribution in [2.75, 3.05) is 13.1 Å². The Kier molecular flexibility index (Phi) is 5.03. The number of nitrogens with one attached hydrogen (secondary N) is 1. The van der Waals surface area contributed by atoms with E-state index in [-0.39, 0.29) is 13.1 Å². The molecule has 1 unspecified atom stereocenters. The molecule has 2 N–H and O–H groups in total. The molecule has 0 aromatic carbocycles. The summed E-state index contributed by atoms with van der Waals surface area (Å²) in [4.78, 5) is 11.8. The summed E-state index contributed by atoms with van der Waals surface area (Å²) in [5.41, 5.74) is 0. The Hall–Kier alpha value is -0.670. The van der Waals surface area contributed by atoms with Crippen molar-refractivity contribution in [1.82, 2.24) is 9.03 Å². The van der Waals surface area contributed by atoms with Gasteiger partial charge in [-0.3, -0.25) is 4.79 Å². The third kappa shape index (κ3) is 3.92. The zero-order chi connectivity index (χ0) is 14.8. The molecule has 0 spiro atoms. The van der Waals surface area contributed by atoms with Crippen molar-refractivity contribution in [3.8, 4) is 0 Å². The first-order valence-corrected chi connectivity index (χ1v) is 8.73. The summed E-state index contributed by atoms with van der Waals surface area (Å²) in [6.07, 6.45) is 1.07. The average molecular weight is 339 g/mol. The van der Waals surface area contributed by atoms with Gasteiger partial charge in [0.1, 0.15) is 0 Å². The van der Waals surface area contributed by atoms with E-state index in [1.807, 2.05) is 0 Å². The van der Waals surface area contributed by atoms with Gasteiger partial charge >= 0.3 is 5.97 Å². The summed E-state index contributed by atoms with van der Waals surface area (Å²) in [5.74, 6) is -1.58. The minimum absolute atomic E-state index is 0.0237. The van der Waals surface area contributed by atoms with Crippen molar-refractivity contribution in [1.29, 1.82) is 0 Å². The van der Waals surface area contributed by atoms with Crippen molar-refractivity contribution >= 4 is 39.1 Å². The van der Waals surface area contributed by atoms with Crippen LogP contribution in [0.4, 0.5) is 0 Å². The molecule has 0 radical (unpaired) electrons. The van der Waals surface area contributed by atoms with Gasteiger partial charge in [0.05, 0.1) is 10.3 Å². The number of rotatable bonds is 5. The summed E-state index contributed by atoms with van der Waals surface area (Å²) < 4.78 is 28.5. The standard InChI is InChI=1S/C11H15ClN2O4S2/c12-10-4-3-9(19-10)6-13-20(17,18)14-5-1-2-8(7-14)11(15)16/h3-4,8,13H,1-2,5-7H2,(H,15,16). The Labute approximate surface area is 126 Å². The van der Waals surface area contributed by atoms with Crippen LogP contribution < -0.4 is 4.72 Å². The Morgan fingerprint density at radius 3 is 2.90 bits per heavy atom. The first kappa shape index (κ1) is 15.7. The molecule has 0 saturated carbocycles. The second-order valence-corrected chi connectivity index (χ2v) is 8.12. The van der Waals surface area contributed by atoms with Gasteiger partial charge in [-0.25, -0.2) is 0 Å². The van der Waals surface area contributed by atoms with Crippen LogP contribution in [0, 0.1) is 5.92 Å². The van der Waals surface area contributed by atoms with E-state index < -0.39 is 22.1 Å². The van der Waals surface area contributed by atoms with Gasteiger partial charge in [0.2, 0.25) is 0 Å². The largest absolute Gasteiger partial charge is 0.481 e. The lowest BCUT2D eigenvalue weighted by atomic mass is 10.0. The molecule has 9 heteroatoms. The highest BCUT2D eigenvalue weighted by molar-refractivity contribution is 7.87. The number of carboxylic acid groups (broad SMARTS) is 1. The second kappa shape index (κ2) is 6.40. The highest BCUT2D eigenvalue weighted by Gasteiger charge is 2.31. The van der Waals surface area contributed by atoms with E-state index >= 15 is 0 Å². The van der Waals surface area contributed by atoms with Crippen molar-refractivity contribution in [3.05, 3.63) is 21.3 Å². The van der Waals surface area contributed by atoms with E-state index in [0.717, 1.165) is 4.88 Å². The van der Waals surface area contributed by atoms with Crippen LogP contribution >= 0.6 is 22.9 Å². The Morgan fingerprint density at radius 1 is 1.55 bits per heavy atom. The zero-order valence-corrected chi connectivity index (χ0v) is 13.0. The van der Waals surface area contributed by atoms with Crippen molar-refractivity contribution in [3.63, 3.8) is 0 Å². The Morgan fingerprint density at radius 2 is 2.30 bits per heavy atom. The maximum absolute atomic E-state index is 12.1. The molecule has 112 valence electrons. The van der Waals surface area contributed by atoms with E-state index in [1.54, 1.807) is 12.1 Å². The predicted molar refractivity (Wildman–Crippen MR) is 77.0 cm³/mol. The van der Waals surface area contributed by atoms with Crippen LogP contribution in [-0.4, -0.2) is 36.9 Å². The molecule has 1 aliphatic rings. The monoisotopic (exact) mass is 338 g/mol. The second-order valence-electron chi connectivity index (χ2n) is 4.57. The molecule has 1 atom stereocenters. The molecule has 1 aromatic rings. The zero-order valence-electron chi connectivity index (χ0n) is 10.6. The fourth-order valence-electron chi connectivity index (χ4n) is 2.06. The van der Waals surface area contributed by atoms with Crippen molar-refractivity contribution < 1.29 is 18.3 Å². The first-order chi connectivity index (χ1) is 9.38. The van der Waals surface area contributed by atoms with Crippen molar-refractivity contribution in [2.45, 2.75) is 19.4 Å². The molecule has 1 aliphatic heterocycles. The molecular formula is C11H15ClN2O4S2. The van der Waals surface area contributed by atoms with Crippen molar-refractivity contribution in [2.24, 2.45) is 5.92 Å². The molecule has 0 aliphatic carbocycles. The number of carbonyl (C=O) groups is 1. The van der Waals surface area contributed by atoms with Crippen LogP contribution in [0.5, 0.6) is 0 Å². The third-order valence-corrected chi connectivity index (χ3v) is 5.88. The fourth-order valence-corrected chi connectivity index (χ4v) is 4.45. The number of thiophene rings is 1. The Bertz CT molecular complexity index is 587. The highest BCUT2D eigenvalue weighted by atomic mass is 35.5. The summed E-state index contributed by atoms with van der Waals surface area (Å²) in [7, 11) is -3.66. The molecule has 2 rings (SSSR count). The molecule has 1 saturated heterocycles. The molecule has 2 heterocycles. The average Bonchev–Trinajstić information content (AvgIpc) is 2.82. The van der Waals surface area contributed by atoms with Crippen LogP contribution in [0.15, 0.2) is 12.1 Å². The molecule has 20 heavy (non-hydrogen) atoms. The normalized spacial score (nSPS) is 20.9. The summed E-state index contributed by atoms with van der Waals surface area (Å²) in [6.45, 7) is 0.536. The van der Waals surface area contributed by atoms with Gasteiger partial charge in [-0.05, 0) is 25.0 Å². The van der Waals surface area contributed by atoms with Crippen LogP contribution in [0.25, 0.3) is 0 Å². The van der Waals surface area contributed by atoms with Crippen LogP contribution in [-0.2, 0) is 21.5 Å². The number of halogens is 1. The molecule has 6 nitrogen and oxygen atoms in total. The Balaban J connectivity index is 1.97. The predicted octanol–water partition coefficient (Wildman–Crippen LogP) is 1.53. The van der Waals surface area contributed by atoms with E-state index in [2.05, 4.69) is 4.72 Å². The van der Waals surface area contributed by atoms with E-state index in [1.165, 1.54) is 15.6 Å². The lowest BCUT2D eigenvalue weighted by Gasteiger charge is -2.29. The number of carboxylic acids is 1. The number of hydrogen-bond acceptors (Lipinski definition) is 4. The van der Waals surface area contributed by atoms with Gasteiger partial charge < -0.3 is 5.11 Å². The SMILES string of the molecule is O=C(O)C1CCCN(S(=O)(=O)NCc2ccc(Cl)s2)C1. The van der Waals surface area contributed by atoms with Gasteiger partial charge in [-0.15, -0.1) is 11.3 Å². The fraction of sp³-hybridized carbons (Fsp3) is 0.545. The lowest BCUT2D eigenvalue weighted by Crippen LogP contribution is -2.47. The molecule has 0 bridgehead atoms. The van der Waals surface area contributed by atoms with Crippen LogP contribution in [0.3, 0.4) is 0 Å². The maximum atomic E-state index is 12.1. The summed E-state index contributed by atoms with van der Waals surface area (Å²) >= 11 is 7.09. The highest BCUT2D eigenvalue weighted by Crippen LogP contribution is 2.22. The van der Waals surface area contributed by atoms with E-state index in [4.69, 9.17) is 16.7 Å². The molecule has 0 amide bonds. The third-order valence-electron chi connectivity index (χ3n) is 3.13. The van der Waals surface area contributed by atoms with E-state index in [9.17, 15) is 13.2 Å². The summed E-state index contributed by atoms with van der Waals surface area (Å²) in [5, 5.41) is 8.98. The maximum Gasteiger partial charge on any atom is 0.307 e. The quantitative estimate of drug-likeness (QED) is 0.852. The van der Waals surface area contributed by atoms with Gasteiger partial charge in [-0.2, -0.15) is 17.4 Å². The minimum atomic E-state index is -3.66. The van der Waals surface area contributed by atoms with Gasteiger partial charge in [0.25, 0.3) is 10.2 Å². The molecular weight excluding hydrogens is 324 g/mol. The molecule has 1 aromatic heterocycles. The van der Waals surface area contributed by atoms with Crippen LogP contribution in [0.2, 0.25) is 4.34 Å². The first-order valence-electron chi connectivity index (χ1n) is 6.10. The smallest absolute Gasteiger partial charge is 0.307 e. The molecule has 1 fully saturated rings. The lowest BCUT2D eigenvalue weighted by molar-refractivity contribution is -0.142. The number of piperidine rings is 1. The van der Waals surface area contributed by atoms with E-state index in [0.29, 0.717) is 23.7 Å². The number of aliphatic carboxylic acids is 1. The van der Waals surface area contributed by atoms with Gasteiger partial charge in [0.15, 0.2) is 0 Å². The summed E-state index contributed by atoms with van der Waals surface area (Å²) in [6, 6.07) is 3.46. The minimum Gasteiger partial charge on any atom is -0.481 e.